The summed E-state index contributed by atoms with van der Waals surface area (Å²) < 4.78 is 1.10. The van der Waals surface area contributed by atoms with Crippen LogP contribution < -0.4 is 5.32 Å². The summed E-state index contributed by atoms with van der Waals surface area (Å²) >= 11 is 3.49. The van der Waals surface area contributed by atoms with E-state index in [0.717, 1.165) is 28.7 Å². The molecule has 96 valence electrons. The molecule has 0 heterocycles. The minimum absolute atomic E-state index is 0.700. The van der Waals surface area contributed by atoms with Gasteiger partial charge in [-0.05, 0) is 47.9 Å². The minimum atomic E-state index is 0.700. The van der Waals surface area contributed by atoms with Gasteiger partial charge in [0.2, 0.25) is 0 Å². The molecule has 0 unspecified atom stereocenters. The number of rotatable bonds is 4. The fourth-order valence-electron chi connectivity index (χ4n) is 1.98. The van der Waals surface area contributed by atoms with Crippen LogP contribution in [0.1, 0.15) is 23.6 Å². The molecule has 2 aromatic carbocycles. The third kappa shape index (κ3) is 3.59. The largest absolute Gasteiger partial charge is 0.381 e. The van der Waals surface area contributed by atoms with Crippen LogP contribution in [-0.4, -0.2) is 0 Å². The summed E-state index contributed by atoms with van der Waals surface area (Å²) in [6.45, 7) is 2.87. The van der Waals surface area contributed by atoms with Crippen LogP contribution in [0.5, 0.6) is 0 Å². The van der Waals surface area contributed by atoms with Gasteiger partial charge in [-0.1, -0.05) is 35.0 Å². The standard InChI is InChI=1S/C16H15BrN2/c1-2-14-9-15(17)6-7-16(14)19-11-13-5-3-4-12(8-13)10-18/h3-9,19H,2,11H2,1H3. The number of nitrogens with zero attached hydrogens (tertiary/aromatic N) is 1. The second-order valence-electron chi connectivity index (χ2n) is 4.32. The van der Waals surface area contributed by atoms with Crippen LogP contribution in [0.15, 0.2) is 46.9 Å². The van der Waals surface area contributed by atoms with Gasteiger partial charge in [-0.2, -0.15) is 5.26 Å². The fraction of sp³-hybridized carbons (Fsp3) is 0.188. The lowest BCUT2D eigenvalue weighted by Crippen LogP contribution is -2.02. The molecule has 2 aromatic rings. The van der Waals surface area contributed by atoms with Gasteiger partial charge in [-0.3, -0.25) is 0 Å². The number of aryl methyl sites for hydroxylation is 1. The molecule has 0 aliphatic carbocycles. The normalized spacial score (nSPS) is 9.95. The molecule has 2 rings (SSSR count). The van der Waals surface area contributed by atoms with E-state index in [1.807, 2.05) is 30.3 Å². The van der Waals surface area contributed by atoms with Crippen molar-refractivity contribution in [1.82, 2.24) is 0 Å². The van der Waals surface area contributed by atoms with Gasteiger partial charge in [0.25, 0.3) is 0 Å². The molecule has 2 nitrogen and oxygen atoms in total. The van der Waals surface area contributed by atoms with E-state index in [9.17, 15) is 0 Å². The zero-order valence-electron chi connectivity index (χ0n) is 10.8. The molecule has 0 saturated carbocycles. The number of nitrogens with one attached hydrogen (secondary N) is 1. The van der Waals surface area contributed by atoms with Crippen LogP contribution in [0.3, 0.4) is 0 Å². The van der Waals surface area contributed by atoms with Crippen molar-refractivity contribution in [2.24, 2.45) is 0 Å². The van der Waals surface area contributed by atoms with E-state index in [-0.39, 0.29) is 0 Å². The minimum Gasteiger partial charge on any atom is -0.381 e. The highest BCUT2D eigenvalue weighted by Gasteiger charge is 2.02. The molecule has 0 aromatic heterocycles. The molecule has 0 radical (unpaired) electrons. The SMILES string of the molecule is CCc1cc(Br)ccc1NCc1cccc(C#N)c1. The zero-order chi connectivity index (χ0) is 13.7. The second-order valence-corrected chi connectivity index (χ2v) is 5.24. The van der Waals surface area contributed by atoms with Crippen molar-refractivity contribution < 1.29 is 0 Å². The first-order valence-electron chi connectivity index (χ1n) is 6.24. The lowest BCUT2D eigenvalue weighted by atomic mass is 10.1. The highest BCUT2D eigenvalue weighted by Crippen LogP contribution is 2.22. The first-order chi connectivity index (χ1) is 9.22. The molecular weight excluding hydrogens is 300 g/mol. The van der Waals surface area contributed by atoms with Gasteiger partial charge in [-0.15, -0.1) is 0 Å². The molecule has 0 aliphatic rings. The van der Waals surface area contributed by atoms with E-state index in [1.54, 1.807) is 0 Å². The molecule has 19 heavy (non-hydrogen) atoms. The Morgan fingerprint density at radius 2 is 2.05 bits per heavy atom. The topological polar surface area (TPSA) is 35.8 Å². The quantitative estimate of drug-likeness (QED) is 0.902. The van der Waals surface area contributed by atoms with Gasteiger partial charge >= 0.3 is 0 Å². The Kier molecular flexibility index (Phi) is 4.59. The van der Waals surface area contributed by atoms with Crippen LogP contribution >= 0.6 is 15.9 Å². The van der Waals surface area contributed by atoms with Gasteiger partial charge in [0.05, 0.1) is 11.6 Å². The van der Waals surface area contributed by atoms with E-state index < -0.39 is 0 Å². The van der Waals surface area contributed by atoms with E-state index in [4.69, 9.17) is 5.26 Å². The molecule has 0 saturated heterocycles. The van der Waals surface area contributed by atoms with E-state index in [2.05, 4.69) is 46.4 Å². The summed E-state index contributed by atoms with van der Waals surface area (Å²) in [5, 5.41) is 12.3. The Hall–Kier alpha value is -1.79. The molecule has 0 spiro atoms. The van der Waals surface area contributed by atoms with Crippen molar-refractivity contribution >= 4 is 21.6 Å². The van der Waals surface area contributed by atoms with Gasteiger partial charge in [0.15, 0.2) is 0 Å². The van der Waals surface area contributed by atoms with Crippen molar-refractivity contribution in [3.05, 3.63) is 63.6 Å². The summed E-state index contributed by atoms with van der Waals surface area (Å²) in [5.74, 6) is 0. The smallest absolute Gasteiger partial charge is 0.0991 e. The Bertz CT molecular complexity index is 614. The first kappa shape index (κ1) is 13.6. The van der Waals surface area contributed by atoms with Gasteiger partial charge < -0.3 is 5.32 Å². The van der Waals surface area contributed by atoms with E-state index in [0.29, 0.717) is 5.56 Å². The molecule has 3 heteroatoms. The van der Waals surface area contributed by atoms with Gasteiger partial charge in [0, 0.05) is 16.7 Å². The Morgan fingerprint density at radius 1 is 1.21 bits per heavy atom. The van der Waals surface area contributed by atoms with Crippen LogP contribution in [0, 0.1) is 11.3 Å². The van der Waals surface area contributed by atoms with Crippen LogP contribution in [-0.2, 0) is 13.0 Å². The van der Waals surface area contributed by atoms with Crippen molar-refractivity contribution in [2.75, 3.05) is 5.32 Å². The fourth-order valence-corrected chi connectivity index (χ4v) is 2.38. The monoisotopic (exact) mass is 314 g/mol. The lowest BCUT2D eigenvalue weighted by Gasteiger charge is -2.11. The number of halogens is 1. The Balaban J connectivity index is 2.12. The summed E-state index contributed by atoms with van der Waals surface area (Å²) in [6.07, 6.45) is 0.986. The number of hydrogen-bond donors (Lipinski definition) is 1. The van der Waals surface area contributed by atoms with Gasteiger partial charge in [-0.25, -0.2) is 0 Å². The molecular formula is C16H15BrN2. The number of benzene rings is 2. The van der Waals surface area contributed by atoms with Crippen molar-refractivity contribution in [1.29, 1.82) is 5.26 Å². The third-order valence-corrected chi connectivity index (χ3v) is 3.48. The molecule has 0 amide bonds. The summed E-state index contributed by atoms with van der Waals surface area (Å²) in [5.41, 5.74) is 4.24. The second kappa shape index (κ2) is 6.40. The van der Waals surface area contributed by atoms with E-state index >= 15 is 0 Å². The Morgan fingerprint density at radius 3 is 2.79 bits per heavy atom. The number of anilines is 1. The zero-order valence-corrected chi connectivity index (χ0v) is 12.4. The lowest BCUT2D eigenvalue weighted by molar-refractivity contribution is 1.09. The predicted octanol–water partition coefficient (Wildman–Crippen LogP) is 4.50. The maximum atomic E-state index is 8.88. The molecule has 1 N–H and O–H groups in total. The number of hydrogen-bond acceptors (Lipinski definition) is 2. The third-order valence-electron chi connectivity index (χ3n) is 2.99. The molecule has 0 fully saturated rings. The predicted molar refractivity (Wildman–Crippen MR) is 82.0 cm³/mol. The van der Waals surface area contributed by atoms with Crippen molar-refractivity contribution in [3.8, 4) is 6.07 Å². The van der Waals surface area contributed by atoms with Crippen LogP contribution in [0.4, 0.5) is 5.69 Å². The average Bonchev–Trinajstić information content (AvgIpc) is 2.46. The summed E-state index contributed by atoms with van der Waals surface area (Å²) in [6, 6.07) is 16.1. The Labute approximate surface area is 122 Å². The van der Waals surface area contributed by atoms with Crippen molar-refractivity contribution in [2.45, 2.75) is 19.9 Å². The number of nitriles is 1. The highest BCUT2D eigenvalue weighted by atomic mass is 79.9. The van der Waals surface area contributed by atoms with Crippen molar-refractivity contribution in [3.63, 3.8) is 0 Å². The molecule has 0 bridgehead atoms. The van der Waals surface area contributed by atoms with E-state index in [1.165, 1.54) is 5.56 Å². The molecule has 0 aliphatic heterocycles. The molecule has 0 atom stereocenters. The summed E-state index contributed by atoms with van der Waals surface area (Å²) in [7, 11) is 0. The highest BCUT2D eigenvalue weighted by molar-refractivity contribution is 9.10. The average molecular weight is 315 g/mol. The van der Waals surface area contributed by atoms with Crippen LogP contribution in [0.2, 0.25) is 0 Å². The van der Waals surface area contributed by atoms with Crippen LogP contribution in [0.25, 0.3) is 0 Å². The van der Waals surface area contributed by atoms with Gasteiger partial charge in [0.1, 0.15) is 0 Å². The maximum absolute atomic E-state index is 8.88. The maximum Gasteiger partial charge on any atom is 0.0991 e. The first-order valence-corrected chi connectivity index (χ1v) is 7.03. The summed E-state index contributed by atoms with van der Waals surface area (Å²) in [4.78, 5) is 0.